The van der Waals surface area contributed by atoms with Crippen LogP contribution in [0, 0.1) is 0 Å². The molecular formula is C17H26N4O3. The van der Waals surface area contributed by atoms with Crippen LogP contribution in [-0.2, 0) is 20.8 Å². The molecule has 132 valence electrons. The van der Waals surface area contributed by atoms with Gasteiger partial charge in [-0.2, -0.15) is 0 Å². The van der Waals surface area contributed by atoms with Crippen LogP contribution in [0.15, 0.2) is 30.3 Å². The summed E-state index contributed by atoms with van der Waals surface area (Å²) in [5, 5.41) is 5.27. The zero-order chi connectivity index (χ0) is 18.2. The van der Waals surface area contributed by atoms with E-state index in [1.54, 1.807) is 0 Å². The maximum absolute atomic E-state index is 12.4. The molecule has 0 aliphatic carbocycles. The van der Waals surface area contributed by atoms with E-state index >= 15 is 0 Å². The summed E-state index contributed by atoms with van der Waals surface area (Å²) in [5.74, 6) is -1.37. The Bertz CT molecular complexity index is 572. The number of hydrogen-bond donors (Lipinski definition) is 4. The summed E-state index contributed by atoms with van der Waals surface area (Å²) in [6, 6.07) is 8.47. The van der Waals surface area contributed by atoms with Gasteiger partial charge in [0.15, 0.2) is 0 Å². The lowest BCUT2D eigenvalue weighted by Gasteiger charge is -2.26. The zero-order valence-electron chi connectivity index (χ0n) is 14.2. The number of amides is 3. The van der Waals surface area contributed by atoms with Crippen molar-refractivity contribution >= 4 is 17.7 Å². The lowest BCUT2D eigenvalue weighted by Crippen LogP contribution is -2.58. The first kappa shape index (κ1) is 19.6. The third-order valence-corrected chi connectivity index (χ3v) is 3.61. The molecule has 3 amide bonds. The van der Waals surface area contributed by atoms with E-state index in [1.165, 1.54) is 13.8 Å². The lowest BCUT2D eigenvalue weighted by molar-refractivity contribution is -0.133. The van der Waals surface area contributed by atoms with Crippen LogP contribution in [0.5, 0.6) is 0 Å². The van der Waals surface area contributed by atoms with Crippen molar-refractivity contribution in [1.82, 2.24) is 10.6 Å². The third-order valence-electron chi connectivity index (χ3n) is 3.61. The summed E-state index contributed by atoms with van der Waals surface area (Å²) in [6.45, 7) is 3.43. The fourth-order valence-electron chi connectivity index (χ4n) is 2.07. The van der Waals surface area contributed by atoms with Gasteiger partial charge in [-0.25, -0.2) is 0 Å². The minimum Gasteiger partial charge on any atom is -0.368 e. The second-order valence-electron chi connectivity index (χ2n) is 6.19. The highest BCUT2D eigenvalue weighted by Crippen LogP contribution is 2.05. The van der Waals surface area contributed by atoms with Crippen molar-refractivity contribution in [2.75, 3.05) is 6.54 Å². The summed E-state index contributed by atoms with van der Waals surface area (Å²) >= 11 is 0. The Hall–Kier alpha value is -2.41. The number of nitrogens with one attached hydrogen (secondary N) is 2. The fourth-order valence-corrected chi connectivity index (χ4v) is 2.07. The topological polar surface area (TPSA) is 127 Å². The van der Waals surface area contributed by atoms with Crippen molar-refractivity contribution in [1.29, 1.82) is 0 Å². The standard InChI is InChI=1S/C17H26N4O3/c1-17(2,16(19)24)21-15(23)13(9-6-10-18)20-14(22)11-12-7-4-3-5-8-12/h3-5,7-8,13H,6,9-11,18H2,1-2H3,(H2,19,24)(H,20,22)(H,21,23)/t13-/m0/s1. The first-order valence-electron chi connectivity index (χ1n) is 7.91. The van der Waals surface area contributed by atoms with Crippen LogP contribution in [0.3, 0.4) is 0 Å². The second kappa shape index (κ2) is 9.02. The second-order valence-corrected chi connectivity index (χ2v) is 6.19. The van der Waals surface area contributed by atoms with Gasteiger partial charge in [0.1, 0.15) is 11.6 Å². The number of carbonyl (C=O) groups is 3. The van der Waals surface area contributed by atoms with Crippen molar-refractivity contribution in [2.24, 2.45) is 11.5 Å². The van der Waals surface area contributed by atoms with Gasteiger partial charge in [-0.05, 0) is 38.8 Å². The van der Waals surface area contributed by atoms with Gasteiger partial charge in [-0.3, -0.25) is 14.4 Å². The summed E-state index contributed by atoms with van der Waals surface area (Å²) in [6.07, 6.45) is 1.13. The van der Waals surface area contributed by atoms with Crippen LogP contribution in [0.1, 0.15) is 32.3 Å². The van der Waals surface area contributed by atoms with Crippen LogP contribution >= 0.6 is 0 Å². The SMILES string of the molecule is CC(C)(NC(=O)[C@H](CCCN)NC(=O)Cc1ccccc1)C(N)=O. The van der Waals surface area contributed by atoms with Gasteiger partial charge < -0.3 is 22.1 Å². The number of primary amides is 1. The smallest absolute Gasteiger partial charge is 0.243 e. The minimum atomic E-state index is -1.19. The molecule has 1 atom stereocenters. The molecule has 0 spiro atoms. The van der Waals surface area contributed by atoms with Gasteiger partial charge in [0, 0.05) is 0 Å². The third kappa shape index (κ3) is 6.37. The highest BCUT2D eigenvalue weighted by atomic mass is 16.2. The van der Waals surface area contributed by atoms with E-state index in [4.69, 9.17) is 11.5 Å². The van der Waals surface area contributed by atoms with Crippen molar-refractivity contribution in [3.8, 4) is 0 Å². The molecule has 7 nitrogen and oxygen atoms in total. The predicted octanol–water partition coefficient (Wildman–Crippen LogP) is -0.167. The Balaban J connectivity index is 2.71. The molecule has 0 aromatic heterocycles. The molecule has 0 fully saturated rings. The summed E-state index contributed by atoms with van der Waals surface area (Å²) < 4.78 is 0. The van der Waals surface area contributed by atoms with Crippen LogP contribution in [0.4, 0.5) is 0 Å². The average Bonchev–Trinajstić information content (AvgIpc) is 2.51. The van der Waals surface area contributed by atoms with Crippen LogP contribution in [0.2, 0.25) is 0 Å². The van der Waals surface area contributed by atoms with Crippen LogP contribution in [0.25, 0.3) is 0 Å². The number of hydrogen-bond acceptors (Lipinski definition) is 4. The molecule has 0 unspecified atom stereocenters. The Morgan fingerprint density at radius 2 is 1.79 bits per heavy atom. The summed E-state index contributed by atoms with van der Waals surface area (Å²) in [7, 11) is 0. The maximum Gasteiger partial charge on any atom is 0.243 e. The van der Waals surface area contributed by atoms with E-state index in [2.05, 4.69) is 10.6 Å². The van der Waals surface area contributed by atoms with Gasteiger partial charge >= 0.3 is 0 Å². The van der Waals surface area contributed by atoms with Crippen LogP contribution in [-0.4, -0.2) is 35.8 Å². The summed E-state index contributed by atoms with van der Waals surface area (Å²) in [4.78, 5) is 35.9. The molecule has 0 saturated carbocycles. The molecule has 1 aromatic carbocycles. The number of benzene rings is 1. The quantitative estimate of drug-likeness (QED) is 0.500. The van der Waals surface area contributed by atoms with E-state index in [0.717, 1.165) is 5.56 Å². The Kier molecular flexibility index (Phi) is 7.38. The van der Waals surface area contributed by atoms with Crippen LogP contribution < -0.4 is 22.1 Å². The molecule has 0 bridgehead atoms. The highest BCUT2D eigenvalue weighted by molar-refractivity contribution is 5.93. The van der Waals surface area contributed by atoms with Gasteiger partial charge in [-0.1, -0.05) is 30.3 Å². The van der Waals surface area contributed by atoms with Crippen molar-refractivity contribution < 1.29 is 14.4 Å². The van der Waals surface area contributed by atoms with E-state index in [-0.39, 0.29) is 12.3 Å². The summed E-state index contributed by atoms with van der Waals surface area (Å²) in [5.41, 5.74) is 10.4. The van der Waals surface area contributed by atoms with Gasteiger partial charge in [0.25, 0.3) is 0 Å². The highest BCUT2D eigenvalue weighted by Gasteiger charge is 2.30. The van der Waals surface area contributed by atoms with Gasteiger partial charge in [0.05, 0.1) is 6.42 Å². The molecule has 6 N–H and O–H groups in total. The van der Waals surface area contributed by atoms with E-state index in [9.17, 15) is 14.4 Å². The zero-order valence-corrected chi connectivity index (χ0v) is 14.2. The Morgan fingerprint density at radius 1 is 1.17 bits per heavy atom. The maximum atomic E-state index is 12.4. The van der Waals surface area contributed by atoms with E-state index in [0.29, 0.717) is 19.4 Å². The Labute approximate surface area is 142 Å². The molecule has 7 heteroatoms. The number of nitrogens with two attached hydrogens (primary N) is 2. The minimum absolute atomic E-state index is 0.173. The van der Waals surface area contributed by atoms with Crippen molar-refractivity contribution in [3.63, 3.8) is 0 Å². The average molecular weight is 334 g/mol. The van der Waals surface area contributed by atoms with Gasteiger partial charge in [-0.15, -0.1) is 0 Å². The van der Waals surface area contributed by atoms with Crippen molar-refractivity contribution in [2.45, 2.75) is 44.7 Å². The molecule has 0 saturated heterocycles. The number of rotatable bonds is 9. The molecule has 0 radical (unpaired) electrons. The molecule has 1 aromatic rings. The number of carbonyl (C=O) groups excluding carboxylic acids is 3. The normalized spacial score (nSPS) is 12.3. The molecule has 0 aliphatic rings. The largest absolute Gasteiger partial charge is 0.368 e. The van der Waals surface area contributed by atoms with Crippen molar-refractivity contribution in [3.05, 3.63) is 35.9 Å². The fraction of sp³-hybridized carbons (Fsp3) is 0.471. The first-order chi connectivity index (χ1) is 11.3. The Morgan fingerprint density at radius 3 is 2.33 bits per heavy atom. The molecule has 24 heavy (non-hydrogen) atoms. The van der Waals surface area contributed by atoms with Gasteiger partial charge in [0.2, 0.25) is 17.7 Å². The lowest BCUT2D eigenvalue weighted by atomic mass is 10.0. The predicted molar refractivity (Wildman–Crippen MR) is 91.8 cm³/mol. The first-order valence-corrected chi connectivity index (χ1v) is 7.91. The monoisotopic (exact) mass is 334 g/mol. The molecular weight excluding hydrogens is 308 g/mol. The molecule has 0 aliphatic heterocycles. The van der Waals surface area contributed by atoms with E-state index < -0.39 is 23.4 Å². The molecule has 0 heterocycles. The van der Waals surface area contributed by atoms with E-state index in [1.807, 2.05) is 30.3 Å². The molecule has 1 rings (SSSR count).